The number of hydrogen-bond donors (Lipinski definition) is 3. The minimum Gasteiger partial charge on any atom is -0.479 e. The van der Waals surface area contributed by atoms with E-state index in [-0.39, 0.29) is 27.9 Å². The van der Waals surface area contributed by atoms with Crippen LogP contribution in [0.5, 0.6) is 0 Å². The Morgan fingerprint density at radius 1 is 1.35 bits per heavy atom. The Kier molecular flexibility index (Phi) is 6.24. The van der Waals surface area contributed by atoms with E-state index in [2.05, 4.69) is 20.7 Å². The molecule has 1 aromatic rings. The van der Waals surface area contributed by atoms with Gasteiger partial charge in [0.1, 0.15) is 4.90 Å². The standard InChI is InChI=1S/C10H10BrCl2NO5S/c11-5-3-6(12)9(7(13)4-5)20(18,19)14-2-1-8(15)10(16)17/h3-4,8,14-15H,1-2H2,(H,16,17). The van der Waals surface area contributed by atoms with E-state index in [4.69, 9.17) is 33.4 Å². The number of nitrogens with one attached hydrogen (secondary N) is 1. The summed E-state index contributed by atoms with van der Waals surface area (Å²) in [7, 11) is -4.00. The van der Waals surface area contributed by atoms with Gasteiger partial charge in [-0.05, 0) is 18.6 Å². The Morgan fingerprint density at radius 3 is 2.30 bits per heavy atom. The molecule has 6 nitrogen and oxygen atoms in total. The van der Waals surface area contributed by atoms with Gasteiger partial charge in [0.2, 0.25) is 10.0 Å². The topological polar surface area (TPSA) is 104 Å². The van der Waals surface area contributed by atoms with Crippen LogP contribution < -0.4 is 4.72 Å². The van der Waals surface area contributed by atoms with Gasteiger partial charge >= 0.3 is 5.97 Å². The summed E-state index contributed by atoms with van der Waals surface area (Å²) in [6, 6.07) is 2.74. The van der Waals surface area contributed by atoms with Crippen LogP contribution in [0.1, 0.15) is 6.42 Å². The van der Waals surface area contributed by atoms with E-state index in [0.29, 0.717) is 4.47 Å². The van der Waals surface area contributed by atoms with E-state index in [1.165, 1.54) is 12.1 Å². The zero-order valence-electron chi connectivity index (χ0n) is 9.81. The molecular weight excluding hydrogens is 397 g/mol. The minimum atomic E-state index is -4.00. The number of aliphatic carboxylic acids is 1. The number of benzene rings is 1. The molecule has 0 amide bonds. The second-order valence-electron chi connectivity index (χ2n) is 3.74. The Balaban J connectivity index is 2.88. The van der Waals surface area contributed by atoms with Crippen LogP contribution in [-0.2, 0) is 14.8 Å². The van der Waals surface area contributed by atoms with E-state index in [9.17, 15) is 13.2 Å². The molecule has 0 bridgehead atoms. The van der Waals surface area contributed by atoms with Gasteiger partial charge in [-0.2, -0.15) is 0 Å². The molecule has 1 rings (SSSR count). The van der Waals surface area contributed by atoms with Crippen LogP contribution in [0, 0.1) is 0 Å². The normalized spacial score (nSPS) is 13.2. The molecule has 1 atom stereocenters. The smallest absolute Gasteiger partial charge is 0.332 e. The van der Waals surface area contributed by atoms with Crippen molar-refractivity contribution in [2.24, 2.45) is 0 Å². The largest absolute Gasteiger partial charge is 0.479 e. The van der Waals surface area contributed by atoms with E-state index in [1.54, 1.807) is 0 Å². The SMILES string of the molecule is O=C(O)C(O)CCNS(=O)(=O)c1c(Cl)cc(Br)cc1Cl. The first kappa shape index (κ1) is 17.7. The molecule has 0 aliphatic heterocycles. The predicted octanol–water partition coefficient (Wildman–Crippen LogP) is 1.87. The van der Waals surface area contributed by atoms with E-state index < -0.39 is 22.1 Å². The average Bonchev–Trinajstić information content (AvgIpc) is 2.26. The molecule has 0 saturated heterocycles. The number of carboxylic acid groups (broad SMARTS) is 1. The number of rotatable bonds is 6. The van der Waals surface area contributed by atoms with Gasteiger partial charge in [0, 0.05) is 11.0 Å². The van der Waals surface area contributed by atoms with E-state index in [0.717, 1.165) is 0 Å². The molecule has 10 heteroatoms. The van der Waals surface area contributed by atoms with Gasteiger partial charge in [0.15, 0.2) is 6.10 Å². The molecule has 20 heavy (non-hydrogen) atoms. The summed E-state index contributed by atoms with van der Waals surface area (Å²) in [5.41, 5.74) is 0. The fourth-order valence-corrected chi connectivity index (χ4v) is 4.29. The zero-order chi connectivity index (χ0) is 15.5. The highest BCUT2D eigenvalue weighted by molar-refractivity contribution is 9.10. The molecule has 0 aliphatic carbocycles. The second kappa shape index (κ2) is 7.06. The Bertz CT molecular complexity index is 599. The van der Waals surface area contributed by atoms with Crippen molar-refractivity contribution in [1.82, 2.24) is 4.72 Å². The van der Waals surface area contributed by atoms with Crippen LogP contribution in [-0.4, -0.2) is 37.2 Å². The van der Waals surface area contributed by atoms with Gasteiger partial charge in [-0.1, -0.05) is 39.1 Å². The van der Waals surface area contributed by atoms with Crippen molar-refractivity contribution in [2.75, 3.05) is 6.54 Å². The fourth-order valence-electron chi connectivity index (χ4n) is 1.31. The summed E-state index contributed by atoms with van der Waals surface area (Å²) in [4.78, 5) is 10.1. The van der Waals surface area contributed by atoms with Crippen molar-refractivity contribution in [3.63, 3.8) is 0 Å². The number of halogens is 3. The van der Waals surface area contributed by atoms with Gasteiger partial charge in [-0.25, -0.2) is 17.9 Å². The van der Waals surface area contributed by atoms with Crippen molar-refractivity contribution < 1.29 is 23.4 Å². The van der Waals surface area contributed by atoms with Crippen molar-refractivity contribution in [3.8, 4) is 0 Å². The summed E-state index contributed by atoms with van der Waals surface area (Å²) in [6.07, 6.45) is -1.92. The van der Waals surface area contributed by atoms with Crippen LogP contribution in [0.3, 0.4) is 0 Å². The van der Waals surface area contributed by atoms with Crippen molar-refractivity contribution in [3.05, 3.63) is 26.7 Å². The van der Waals surface area contributed by atoms with Gasteiger partial charge in [-0.3, -0.25) is 0 Å². The molecular formula is C10H10BrCl2NO5S. The van der Waals surface area contributed by atoms with Gasteiger partial charge in [0.25, 0.3) is 0 Å². The number of aliphatic hydroxyl groups is 1. The first-order valence-corrected chi connectivity index (χ1v) is 8.23. The molecule has 112 valence electrons. The lowest BCUT2D eigenvalue weighted by Crippen LogP contribution is -2.30. The van der Waals surface area contributed by atoms with E-state index >= 15 is 0 Å². The average molecular weight is 407 g/mol. The minimum absolute atomic E-state index is 0.0735. The molecule has 0 aromatic heterocycles. The lowest BCUT2D eigenvalue weighted by atomic mass is 10.3. The molecule has 3 N–H and O–H groups in total. The maximum atomic E-state index is 12.0. The molecule has 0 heterocycles. The quantitative estimate of drug-likeness (QED) is 0.668. The molecule has 0 radical (unpaired) electrons. The van der Waals surface area contributed by atoms with Crippen molar-refractivity contribution in [2.45, 2.75) is 17.4 Å². The lowest BCUT2D eigenvalue weighted by Gasteiger charge is -2.11. The number of hydrogen-bond acceptors (Lipinski definition) is 4. The van der Waals surface area contributed by atoms with Gasteiger partial charge < -0.3 is 10.2 Å². The van der Waals surface area contributed by atoms with Crippen molar-refractivity contribution >= 4 is 55.1 Å². The van der Waals surface area contributed by atoms with Gasteiger partial charge in [0.05, 0.1) is 10.0 Å². The third-order valence-corrected chi connectivity index (χ3v) is 5.07. The predicted molar refractivity (Wildman–Crippen MR) is 77.6 cm³/mol. The van der Waals surface area contributed by atoms with Crippen LogP contribution in [0.4, 0.5) is 0 Å². The highest BCUT2D eigenvalue weighted by atomic mass is 79.9. The number of carboxylic acids is 1. The van der Waals surface area contributed by atoms with Crippen LogP contribution in [0.2, 0.25) is 10.0 Å². The number of sulfonamides is 1. The van der Waals surface area contributed by atoms with Gasteiger partial charge in [-0.15, -0.1) is 0 Å². The van der Waals surface area contributed by atoms with Crippen LogP contribution >= 0.6 is 39.1 Å². The highest BCUT2D eigenvalue weighted by Crippen LogP contribution is 2.32. The van der Waals surface area contributed by atoms with Crippen LogP contribution in [0.15, 0.2) is 21.5 Å². The first-order chi connectivity index (χ1) is 9.15. The summed E-state index contributed by atoms with van der Waals surface area (Å²) in [6.45, 7) is -0.265. The first-order valence-electron chi connectivity index (χ1n) is 5.20. The summed E-state index contributed by atoms with van der Waals surface area (Å²) >= 11 is 14.8. The number of carbonyl (C=O) groups is 1. The van der Waals surface area contributed by atoms with E-state index in [1.807, 2.05) is 0 Å². The zero-order valence-corrected chi connectivity index (χ0v) is 13.7. The Labute approximate surface area is 133 Å². The highest BCUT2D eigenvalue weighted by Gasteiger charge is 2.23. The molecule has 1 aromatic carbocycles. The van der Waals surface area contributed by atoms with Crippen LogP contribution in [0.25, 0.3) is 0 Å². The maximum Gasteiger partial charge on any atom is 0.332 e. The molecule has 1 unspecified atom stereocenters. The molecule has 0 aliphatic rings. The molecule has 0 saturated carbocycles. The molecule has 0 fully saturated rings. The lowest BCUT2D eigenvalue weighted by molar-refractivity contribution is -0.146. The summed E-state index contributed by atoms with van der Waals surface area (Å²) in [5.74, 6) is -1.43. The second-order valence-corrected chi connectivity index (χ2v) is 7.17. The number of aliphatic hydroxyl groups excluding tert-OH is 1. The Hall–Kier alpha value is -0.380. The Morgan fingerprint density at radius 2 is 1.85 bits per heavy atom. The fraction of sp³-hybridized carbons (Fsp3) is 0.300. The third kappa shape index (κ3) is 4.57. The summed E-state index contributed by atoms with van der Waals surface area (Å²) in [5, 5.41) is 17.4. The third-order valence-electron chi connectivity index (χ3n) is 2.23. The summed E-state index contributed by atoms with van der Waals surface area (Å²) < 4.78 is 26.7. The van der Waals surface area contributed by atoms with Crippen molar-refractivity contribution in [1.29, 1.82) is 0 Å². The maximum absolute atomic E-state index is 12.0. The molecule has 0 spiro atoms. The monoisotopic (exact) mass is 405 g/mol.